The molecule has 0 radical (unpaired) electrons. The third kappa shape index (κ3) is 4.13. The van der Waals surface area contributed by atoms with E-state index < -0.39 is 33.1 Å². The van der Waals surface area contributed by atoms with E-state index in [-0.39, 0.29) is 15.5 Å². The molecule has 0 bridgehead atoms. The lowest BCUT2D eigenvalue weighted by molar-refractivity contribution is -0.384. The van der Waals surface area contributed by atoms with E-state index in [0.29, 0.717) is 0 Å². The molecule has 0 fully saturated rings. The number of nitro groups is 1. The molecule has 10 heteroatoms. The predicted molar refractivity (Wildman–Crippen MR) is 76.7 cm³/mol. The van der Waals surface area contributed by atoms with E-state index in [1.54, 1.807) is 0 Å². The number of amides is 1. The van der Waals surface area contributed by atoms with Crippen LogP contribution in [0.2, 0.25) is 5.02 Å². The molecule has 0 aliphatic rings. The van der Waals surface area contributed by atoms with Crippen molar-refractivity contribution in [2.45, 2.75) is 11.8 Å². The number of nitrogens with zero attached hydrogens (tertiary/aromatic N) is 2. The highest BCUT2D eigenvalue weighted by atomic mass is 35.5. The summed E-state index contributed by atoms with van der Waals surface area (Å²) in [5, 5.41) is 10.7. The fourth-order valence-electron chi connectivity index (χ4n) is 1.46. The first-order chi connectivity index (χ1) is 9.56. The van der Waals surface area contributed by atoms with Gasteiger partial charge in [-0.2, -0.15) is 0 Å². The summed E-state index contributed by atoms with van der Waals surface area (Å²) < 4.78 is 26.3. The van der Waals surface area contributed by atoms with Crippen LogP contribution in [0.25, 0.3) is 0 Å². The van der Waals surface area contributed by atoms with Gasteiger partial charge in [-0.05, 0) is 18.6 Å². The van der Waals surface area contributed by atoms with Gasteiger partial charge in [0.1, 0.15) is 5.02 Å². The average molecular weight is 336 g/mol. The molecular formula is C11H14ClN3O5S. The molecule has 0 aliphatic carbocycles. The molecule has 1 amide bonds. The summed E-state index contributed by atoms with van der Waals surface area (Å²) in [6.45, 7) is 1.02. The number of carbonyl (C=O) groups is 1. The van der Waals surface area contributed by atoms with Crippen LogP contribution in [0.15, 0.2) is 17.0 Å². The molecule has 0 saturated carbocycles. The van der Waals surface area contributed by atoms with E-state index in [2.05, 4.69) is 4.72 Å². The molecule has 21 heavy (non-hydrogen) atoms. The molecule has 0 unspecified atom stereocenters. The highest BCUT2D eigenvalue weighted by molar-refractivity contribution is 7.89. The number of benzene rings is 1. The Labute approximate surface area is 126 Å². The summed E-state index contributed by atoms with van der Waals surface area (Å²) in [6, 6.07) is 2.07. The second kappa shape index (κ2) is 6.37. The Bertz CT molecular complexity index is 687. The monoisotopic (exact) mass is 335 g/mol. The van der Waals surface area contributed by atoms with Gasteiger partial charge in [-0.3, -0.25) is 14.9 Å². The van der Waals surface area contributed by atoms with Crippen LogP contribution in [-0.4, -0.2) is 44.8 Å². The zero-order chi connectivity index (χ0) is 16.4. The van der Waals surface area contributed by atoms with Crippen molar-refractivity contribution in [2.75, 3.05) is 20.6 Å². The van der Waals surface area contributed by atoms with Gasteiger partial charge in [-0.1, -0.05) is 11.6 Å². The minimum Gasteiger partial charge on any atom is -0.348 e. The van der Waals surface area contributed by atoms with Crippen molar-refractivity contribution in [1.29, 1.82) is 0 Å². The highest BCUT2D eigenvalue weighted by Gasteiger charge is 2.24. The van der Waals surface area contributed by atoms with Gasteiger partial charge in [0.25, 0.3) is 5.69 Å². The lowest BCUT2D eigenvalue weighted by atomic mass is 10.2. The number of aryl methyl sites for hydroxylation is 1. The molecule has 1 N–H and O–H groups in total. The maximum Gasteiger partial charge on any atom is 0.289 e. The second-order valence-electron chi connectivity index (χ2n) is 4.44. The van der Waals surface area contributed by atoms with Gasteiger partial charge in [0, 0.05) is 20.2 Å². The van der Waals surface area contributed by atoms with Gasteiger partial charge in [0.2, 0.25) is 15.9 Å². The van der Waals surface area contributed by atoms with Crippen LogP contribution in [0.5, 0.6) is 0 Å². The van der Waals surface area contributed by atoms with Crippen molar-refractivity contribution in [3.05, 3.63) is 32.8 Å². The molecule has 0 atom stereocenters. The largest absolute Gasteiger partial charge is 0.348 e. The van der Waals surface area contributed by atoms with Gasteiger partial charge in [-0.15, -0.1) is 0 Å². The van der Waals surface area contributed by atoms with Gasteiger partial charge >= 0.3 is 0 Å². The lowest BCUT2D eigenvalue weighted by Gasteiger charge is -2.12. The van der Waals surface area contributed by atoms with E-state index in [1.165, 1.54) is 32.0 Å². The minimum absolute atomic E-state index is 0.152. The summed E-state index contributed by atoms with van der Waals surface area (Å²) in [7, 11) is -1.09. The third-order valence-corrected chi connectivity index (χ3v) is 4.49. The minimum atomic E-state index is -4.05. The molecule has 1 aromatic rings. The molecular weight excluding hydrogens is 322 g/mol. The van der Waals surface area contributed by atoms with Gasteiger partial charge in [0.15, 0.2) is 0 Å². The normalized spacial score (nSPS) is 11.2. The van der Waals surface area contributed by atoms with Crippen LogP contribution in [0.3, 0.4) is 0 Å². The number of halogens is 1. The van der Waals surface area contributed by atoms with E-state index in [4.69, 9.17) is 11.6 Å². The van der Waals surface area contributed by atoms with Gasteiger partial charge < -0.3 is 4.90 Å². The Hall–Kier alpha value is -1.71. The summed E-state index contributed by atoms with van der Waals surface area (Å²) in [5.74, 6) is -0.445. The summed E-state index contributed by atoms with van der Waals surface area (Å²) in [4.78, 5) is 22.4. The van der Waals surface area contributed by atoms with Crippen molar-refractivity contribution >= 4 is 33.2 Å². The fourth-order valence-corrected chi connectivity index (χ4v) is 2.97. The number of nitrogens with one attached hydrogen (secondary N) is 1. The van der Waals surface area contributed by atoms with Crippen LogP contribution in [0.4, 0.5) is 5.69 Å². The number of likely N-dealkylation sites (N-methyl/N-ethyl adjacent to an activating group) is 1. The SMILES string of the molecule is Cc1cc(Cl)c([N+](=O)[O-])cc1S(=O)(=O)NCC(=O)N(C)C. The summed E-state index contributed by atoms with van der Waals surface area (Å²) in [5.41, 5.74) is -0.267. The van der Waals surface area contributed by atoms with Crippen LogP contribution in [0, 0.1) is 17.0 Å². The number of rotatable bonds is 5. The molecule has 1 aromatic carbocycles. The Morgan fingerprint density at radius 1 is 1.43 bits per heavy atom. The molecule has 0 saturated heterocycles. The van der Waals surface area contributed by atoms with Crippen LogP contribution >= 0.6 is 11.6 Å². The number of hydrogen-bond acceptors (Lipinski definition) is 5. The van der Waals surface area contributed by atoms with Crippen molar-refractivity contribution in [2.24, 2.45) is 0 Å². The van der Waals surface area contributed by atoms with Crippen LogP contribution < -0.4 is 4.72 Å². The second-order valence-corrected chi connectivity index (χ2v) is 6.58. The molecule has 8 nitrogen and oxygen atoms in total. The zero-order valence-corrected chi connectivity index (χ0v) is 13.2. The topological polar surface area (TPSA) is 110 Å². The maximum absolute atomic E-state index is 12.1. The Morgan fingerprint density at radius 2 is 2.00 bits per heavy atom. The molecule has 0 aromatic heterocycles. The molecule has 0 heterocycles. The van der Waals surface area contributed by atoms with Gasteiger partial charge in [-0.25, -0.2) is 13.1 Å². The first kappa shape index (κ1) is 17.3. The van der Waals surface area contributed by atoms with E-state index in [1.807, 2.05) is 0 Å². The van der Waals surface area contributed by atoms with Crippen LogP contribution in [0.1, 0.15) is 5.56 Å². The fraction of sp³-hybridized carbons (Fsp3) is 0.364. The van der Waals surface area contributed by atoms with Crippen molar-refractivity contribution in [3.63, 3.8) is 0 Å². The smallest absolute Gasteiger partial charge is 0.289 e. The first-order valence-corrected chi connectivity index (χ1v) is 7.56. The van der Waals surface area contributed by atoms with Crippen molar-refractivity contribution < 1.29 is 18.1 Å². The Balaban J connectivity index is 3.17. The molecule has 0 aliphatic heterocycles. The van der Waals surface area contributed by atoms with E-state index >= 15 is 0 Å². The summed E-state index contributed by atoms with van der Waals surface area (Å²) in [6.07, 6.45) is 0. The standard InChI is InChI=1S/C11H14ClN3O5S/c1-7-4-8(12)9(15(17)18)5-10(7)21(19,20)13-6-11(16)14(2)3/h4-5,13H,6H2,1-3H3. The molecule has 1 rings (SSSR count). The van der Waals surface area contributed by atoms with E-state index in [0.717, 1.165) is 6.07 Å². The highest BCUT2D eigenvalue weighted by Crippen LogP contribution is 2.29. The summed E-state index contributed by atoms with van der Waals surface area (Å²) >= 11 is 5.70. The Morgan fingerprint density at radius 3 is 2.48 bits per heavy atom. The number of carbonyl (C=O) groups excluding carboxylic acids is 1. The number of sulfonamides is 1. The average Bonchev–Trinajstić information content (AvgIpc) is 2.34. The van der Waals surface area contributed by atoms with E-state index in [9.17, 15) is 23.3 Å². The quantitative estimate of drug-likeness (QED) is 0.635. The lowest BCUT2D eigenvalue weighted by Crippen LogP contribution is -2.36. The predicted octanol–water partition coefficient (Wildman–Crippen LogP) is 0.923. The zero-order valence-electron chi connectivity index (χ0n) is 11.6. The van der Waals surface area contributed by atoms with Gasteiger partial charge in [0.05, 0.1) is 16.4 Å². The first-order valence-electron chi connectivity index (χ1n) is 5.70. The molecule has 0 spiro atoms. The van der Waals surface area contributed by atoms with Crippen molar-refractivity contribution in [3.8, 4) is 0 Å². The van der Waals surface area contributed by atoms with Crippen LogP contribution in [-0.2, 0) is 14.8 Å². The number of hydrogen-bond donors (Lipinski definition) is 1. The third-order valence-electron chi connectivity index (χ3n) is 2.64. The molecule has 116 valence electrons. The number of nitro benzene ring substituents is 1. The maximum atomic E-state index is 12.1. The Kier molecular flexibility index (Phi) is 5.26. The van der Waals surface area contributed by atoms with Crippen molar-refractivity contribution in [1.82, 2.24) is 9.62 Å².